The molecule has 1 aliphatic carbocycles. The first-order valence-corrected chi connectivity index (χ1v) is 15.2. The zero-order valence-electron chi connectivity index (χ0n) is 25.7. The molecule has 0 spiro atoms. The Kier molecular flexibility index (Phi) is 10.5. The molecule has 2 saturated heterocycles. The number of ether oxygens (including phenoxy) is 5. The second-order valence-corrected chi connectivity index (χ2v) is 12.4. The summed E-state index contributed by atoms with van der Waals surface area (Å²) in [6.07, 6.45) is -6.57. The Labute approximate surface area is 274 Å². The fourth-order valence-electron chi connectivity index (χ4n) is 5.68. The molecule has 256 valence electrons. The fraction of sp³-hybridized carbons (Fsp3) is 0.469. The lowest BCUT2D eigenvalue weighted by Crippen LogP contribution is -2.67. The normalized spacial score (nSPS) is 34.2. The van der Waals surface area contributed by atoms with Gasteiger partial charge in [0.2, 0.25) is 12.2 Å². The summed E-state index contributed by atoms with van der Waals surface area (Å²) in [5, 5.41) is 56.1. The summed E-state index contributed by atoms with van der Waals surface area (Å²) in [6.45, 7) is 4.34. The molecule has 3 fully saturated rings. The van der Waals surface area contributed by atoms with Crippen LogP contribution in [0, 0.1) is 5.82 Å². The van der Waals surface area contributed by atoms with Crippen molar-refractivity contribution in [2.45, 2.75) is 81.4 Å². The van der Waals surface area contributed by atoms with E-state index in [2.05, 4.69) is 5.32 Å². The van der Waals surface area contributed by atoms with E-state index in [-0.39, 0.29) is 41.2 Å². The van der Waals surface area contributed by atoms with Crippen molar-refractivity contribution in [1.82, 2.24) is 5.32 Å². The number of anilines is 1. The number of aliphatic hydroxyl groups is 5. The number of carbonyl (C=O) groups excluding carboxylic acids is 1. The second kappa shape index (κ2) is 14.0. The van der Waals surface area contributed by atoms with Crippen LogP contribution in [-0.4, -0.2) is 106 Å². The van der Waals surface area contributed by atoms with Gasteiger partial charge < -0.3 is 60.3 Å². The molecule has 0 bridgehead atoms. The molecule has 2 aromatic carbocycles. The van der Waals surface area contributed by atoms with Crippen molar-refractivity contribution in [3.8, 4) is 11.5 Å². The standard InChI is InChI=1S/C32H38ClFN2O11/c1-14(8-9-43-20-7-5-17(33)12-18(20)34)26-29(40)32(3,42)31(47-26)46-21-6-4-16(11-19(21)35)10-15(2)30(41)36-22-23(37)25(39)28-27(24(22)38)44-13-45-28/h4-8,10-12,22-29,31,37-40,42H,9,13,35H2,1-3H3,(H,36,41)/t22-,23+,24-,25-,26-,27+,28-,29-,31-,32-/m1/s1. The Hall–Kier alpha value is -3.31. The van der Waals surface area contributed by atoms with Crippen molar-refractivity contribution in [3.05, 3.63) is 70.0 Å². The van der Waals surface area contributed by atoms with Crippen molar-refractivity contribution < 1.29 is 58.4 Å². The van der Waals surface area contributed by atoms with Gasteiger partial charge in [0.15, 0.2) is 17.2 Å². The van der Waals surface area contributed by atoms with E-state index in [4.69, 9.17) is 41.0 Å². The van der Waals surface area contributed by atoms with Crippen molar-refractivity contribution in [2.24, 2.45) is 0 Å². The van der Waals surface area contributed by atoms with Crippen LogP contribution in [0.3, 0.4) is 0 Å². The number of hydrogen-bond acceptors (Lipinski definition) is 12. The van der Waals surface area contributed by atoms with Gasteiger partial charge in [0, 0.05) is 10.6 Å². The zero-order chi connectivity index (χ0) is 34.2. The van der Waals surface area contributed by atoms with Crippen LogP contribution >= 0.6 is 11.6 Å². The van der Waals surface area contributed by atoms with E-state index in [1.807, 2.05) is 0 Å². The van der Waals surface area contributed by atoms with Gasteiger partial charge in [-0.1, -0.05) is 17.7 Å². The predicted molar refractivity (Wildman–Crippen MR) is 166 cm³/mol. The molecular formula is C32H38ClFN2O11. The number of fused-ring (bicyclic) bond motifs is 1. The first kappa shape index (κ1) is 35.0. The lowest BCUT2D eigenvalue weighted by molar-refractivity contribution is -0.155. The molecule has 2 heterocycles. The van der Waals surface area contributed by atoms with Crippen molar-refractivity contribution in [3.63, 3.8) is 0 Å². The third-order valence-electron chi connectivity index (χ3n) is 8.53. The van der Waals surface area contributed by atoms with Crippen molar-refractivity contribution in [1.29, 1.82) is 0 Å². The molecule has 0 unspecified atom stereocenters. The summed E-state index contributed by atoms with van der Waals surface area (Å²) >= 11 is 5.77. The second-order valence-electron chi connectivity index (χ2n) is 12.0. The van der Waals surface area contributed by atoms with Gasteiger partial charge in [-0.05, 0) is 74.4 Å². The van der Waals surface area contributed by atoms with Gasteiger partial charge in [0.25, 0.3) is 0 Å². The van der Waals surface area contributed by atoms with Gasteiger partial charge in [0.1, 0.15) is 61.9 Å². The summed E-state index contributed by atoms with van der Waals surface area (Å²) in [6, 6.07) is 7.43. The van der Waals surface area contributed by atoms with E-state index in [9.17, 15) is 34.7 Å². The first-order chi connectivity index (χ1) is 22.2. The largest absolute Gasteiger partial charge is 0.486 e. The van der Waals surface area contributed by atoms with Crippen LogP contribution in [0.4, 0.5) is 10.1 Å². The molecular weight excluding hydrogens is 643 g/mol. The minimum atomic E-state index is -1.85. The maximum Gasteiger partial charge on any atom is 0.247 e. The Morgan fingerprint density at radius 3 is 2.45 bits per heavy atom. The van der Waals surface area contributed by atoms with Gasteiger partial charge in [0.05, 0.1) is 11.7 Å². The van der Waals surface area contributed by atoms with E-state index in [1.165, 1.54) is 44.2 Å². The number of nitrogens with two attached hydrogens (primary N) is 1. The predicted octanol–water partition coefficient (Wildman–Crippen LogP) is 1.03. The number of benzene rings is 2. The number of nitrogens with one attached hydrogen (secondary N) is 1. The van der Waals surface area contributed by atoms with E-state index >= 15 is 0 Å². The minimum absolute atomic E-state index is 0.00144. The summed E-state index contributed by atoms with van der Waals surface area (Å²) in [7, 11) is 0. The summed E-state index contributed by atoms with van der Waals surface area (Å²) in [5.41, 5.74) is 5.73. The molecule has 1 amide bonds. The van der Waals surface area contributed by atoms with E-state index < -0.39 is 72.4 Å². The molecule has 3 aliphatic rings. The third-order valence-corrected chi connectivity index (χ3v) is 8.77. The highest BCUT2D eigenvalue weighted by Gasteiger charge is 2.55. The maximum atomic E-state index is 14.0. The SMILES string of the molecule is CC(=Cc1ccc(O[C@@H]2O[C@H](C(C)=CCOc3ccc(Cl)cc3F)[C@@H](O)[C@@]2(C)O)c(N)c1)C(=O)N[C@@H]1[C@H](O)[C@@H](O)[C@H]2OCO[C@H]2[C@@H]1O. The third kappa shape index (κ3) is 7.26. The molecule has 13 nitrogen and oxygen atoms in total. The number of nitrogen functional groups attached to an aromatic ring is 1. The molecule has 2 aliphatic heterocycles. The molecule has 2 aromatic rings. The summed E-state index contributed by atoms with van der Waals surface area (Å²) in [5.74, 6) is -1.10. The van der Waals surface area contributed by atoms with Gasteiger partial charge >= 0.3 is 0 Å². The van der Waals surface area contributed by atoms with E-state index in [0.717, 1.165) is 6.07 Å². The van der Waals surface area contributed by atoms with Crippen molar-refractivity contribution in [2.75, 3.05) is 19.1 Å². The van der Waals surface area contributed by atoms with Gasteiger partial charge in [-0.15, -0.1) is 0 Å². The van der Waals surface area contributed by atoms with Crippen LogP contribution in [0.5, 0.6) is 11.5 Å². The minimum Gasteiger partial charge on any atom is -0.486 e. The summed E-state index contributed by atoms with van der Waals surface area (Å²) < 4.78 is 41.7. The highest BCUT2D eigenvalue weighted by Crippen LogP contribution is 2.37. The van der Waals surface area contributed by atoms with Crippen molar-refractivity contribution >= 4 is 29.3 Å². The van der Waals surface area contributed by atoms with Crippen LogP contribution < -0.4 is 20.5 Å². The molecule has 0 radical (unpaired) electrons. The van der Waals surface area contributed by atoms with Crippen LogP contribution in [0.25, 0.3) is 6.08 Å². The van der Waals surface area contributed by atoms with Crippen LogP contribution in [0.2, 0.25) is 5.02 Å². The molecule has 15 heteroatoms. The Balaban J connectivity index is 1.21. The summed E-state index contributed by atoms with van der Waals surface area (Å²) in [4.78, 5) is 12.9. The Bertz CT molecular complexity index is 1540. The highest BCUT2D eigenvalue weighted by atomic mass is 35.5. The van der Waals surface area contributed by atoms with E-state index in [0.29, 0.717) is 11.1 Å². The number of carbonyl (C=O) groups is 1. The number of aliphatic hydroxyl groups excluding tert-OH is 4. The Morgan fingerprint density at radius 1 is 1.09 bits per heavy atom. The van der Waals surface area contributed by atoms with E-state index in [1.54, 1.807) is 19.1 Å². The smallest absolute Gasteiger partial charge is 0.247 e. The molecule has 5 rings (SSSR count). The van der Waals surface area contributed by atoms with Crippen LogP contribution in [0.15, 0.2) is 53.6 Å². The average Bonchev–Trinajstić information content (AvgIpc) is 3.60. The Morgan fingerprint density at radius 2 is 1.77 bits per heavy atom. The molecule has 0 aromatic heterocycles. The van der Waals surface area contributed by atoms with Crippen LogP contribution in [-0.2, 0) is 19.0 Å². The molecule has 10 atom stereocenters. The molecule has 8 N–H and O–H groups in total. The lowest BCUT2D eigenvalue weighted by atomic mass is 9.83. The van der Waals surface area contributed by atoms with Gasteiger partial charge in [-0.25, -0.2) is 4.39 Å². The highest BCUT2D eigenvalue weighted by molar-refractivity contribution is 6.30. The number of halogens is 2. The first-order valence-electron chi connectivity index (χ1n) is 14.8. The van der Waals surface area contributed by atoms with Gasteiger partial charge in [-0.2, -0.15) is 0 Å². The molecule has 47 heavy (non-hydrogen) atoms. The number of rotatable bonds is 9. The quantitative estimate of drug-likeness (QED) is 0.113. The lowest BCUT2D eigenvalue weighted by Gasteiger charge is -2.41. The molecule has 1 saturated carbocycles. The topological polar surface area (TPSA) is 202 Å². The zero-order valence-corrected chi connectivity index (χ0v) is 26.5. The monoisotopic (exact) mass is 680 g/mol. The number of amides is 1. The average molecular weight is 681 g/mol. The van der Waals surface area contributed by atoms with Crippen LogP contribution in [0.1, 0.15) is 26.3 Å². The van der Waals surface area contributed by atoms with Gasteiger partial charge in [-0.3, -0.25) is 4.79 Å². The number of hydrogen-bond donors (Lipinski definition) is 7. The maximum absolute atomic E-state index is 14.0. The fourth-order valence-corrected chi connectivity index (χ4v) is 5.84.